The number of hydrogen-bond acceptors (Lipinski definition) is 6. The van der Waals surface area contributed by atoms with Crippen LogP contribution in [0.5, 0.6) is 0 Å². The number of aliphatic hydroxyl groups is 1. The number of alkyl halides is 3. The van der Waals surface area contributed by atoms with Gasteiger partial charge in [0.05, 0.1) is 12.3 Å². The normalized spacial score (nSPS) is 17.8. The fraction of sp³-hybridized carbons (Fsp3) is 0.375. The maximum absolute atomic E-state index is 12.9. The highest BCUT2D eigenvalue weighted by molar-refractivity contribution is 5.69. The number of hydrogen-bond donors (Lipinski definition) is 3. The first-order valence-electron chi connectivity index (χ1n) is 11.2. The van der Waals surface area contributed by atoms with Gasteiger partial charge >= 0.3 is 6.18 Å². The van der Waals surface area contributed by atoms with Crippen molar-refractivity contribution in [1.82, 2.24) is 20.7 Å². The molecule has 0 spiro atoms. The number of aliphatic hydroxyl groups excluding tert-OH is 1. The quantitative estimate of drug-likeness (QED) is 0.423. The molecule has 0 bridgehead atoms. The Labute approximate surface area is 195 Å². The number of nitrogens with one attached hydrogen (secondary N) is 2. The molecule has 1 unspecified atom stereocenters. The number of aryl methyl sites for hydroxylation is 1. The van der Waals surface area contributed by atoms with E-state index in [1.807, 2.05) is 55.5 Å². The van der Waals surface area contributed by atoms with Crippen LogP contribution in [0.4, 0.5) is 13.2 Å². The summed E-state index contributed by atoms with van der Waals surface area (Å²) in [6.07, 6.45) is 0.170. The zero-order chi connectivity index (χ0) is 24.2. The van der Waals surface area contributed by atoms with E-state index in [0.717, 1.165) is 51.0 Å². The van der Waals surface area contributed by atoms with Crippen LogP contribution < -0.4 is 11.0 Å². The van der Waals surface area contributed by atoms with Gasteiger partial charge < -0.3 is 5.11 Å². The van der Waals surface area contributed by atoms with Crippen LogP contribution in [0, 0.1) is 0 Å². The van der Waals surface area contributed by atoms with Crippen molar-refractivity contribution >= 4 is 0 Å². The lowest BCUT2D eigenvalue weighted by Gasteiger charge is -2.25. The van der Waals surface area contributed by atoms with E-state index in [1.54, 1.807) is 0 Å². The van der Waals surface area contributed by atoms with E-state index >= 15 is 0 Å². The van der Waals surface area contributed by atoms with Crippen molar-refractivity contribution in [2.75, 3.05) is 6.61 Å². The number of hydrazine groups is 1. The smallest absolute Gasteiger partial charge is 0.392 e. The molecule has 34 heavy (non-hydrogen) atoms. The third-order valence-corrected chi connectivity index (χ3v) is 5.83. The van der Waals surface area contributed by atoms with E-state index in [0.29, 0.717) is 12.8 Å². The molecular weight excluding hydrogens is 445 g/mol. The molecular formula is C24H27F3N6O. The highest BCUT2D eigenvalue weighted by Gasteiger charge is 2.37. The number of rotatable bonds is 9. The Morgan fingerprint density at radius 1 is 1.09 bits per heavy atom. The van der Waals surface area contributed by atoms with Gasteiger partial charge in [0.1, 0.15) is 6.54 Å². The van der Waals surface area contributed by atoms with Crippen molar-refractivity contribution < 1.29 is 18.3 Å². The molecule has 0 fully saturated rings. The Balaban J connectivity index is 1.59. The Bertz CT molecular complexity index is 1140. The fourth-order valence-corrected chi connectivity index (χ4v) is 4.12. The topological polar surface area (TPSA) is 86.8 Å². The molecule has 0 aliphatic carbocycles. The van der Waals surface area contributed by atoms with Crippen molar-refractivity contribution in [1.29, 1.82) is 0 Å². The molecule has 1 aromatic heterocycles. The Kier molecular flexibility index (Phi) is 6.99. The van der Waals surface area contributed by atoms with Gasteiger partial charge in [0.15, 0.2) is 0 Å². The third kappa shape index (κ3) is 5.28. The number of unbranched alkanes of at least 4 members (excludes halogenated alkanes) is 1. The van der Waals surface area contributed by atoms with Gasteiger partial charge in [0.25, 0.3) is 0 Å². The van der Waals surface area contributed by atoms with Crippen molar-refractivity contribution in [3.8, 4) is 11.1 Å². The van der Waals surface area contributed by atoms with Crippen LogP contribution in [0.25, 0.3) is 11.1 Å². The third-order valence-electron chi connectivity index (χ3n) is 5.83. The minimum Gasteiger partial charge on any atom is -0.392 e. The molecule has 1 aliphatic rings. The van der Waals surface area contributed by atoms with Crippen LogP contribution in [0.2, 0.25) is 0 Å². The van der Waals surface area contributed by atoms with Crippen molar-refractivity contribution in [3.63, 3.8) is 0 Å². The standard InChI is InChI=1S/C24H27F3N6O/c1-2-3-8-22-19(14-33(28-22)15-24(25,26)27)13-17-9-11-18(12-10-17)20-6-4-5-7-21(20)23(16-34)29-31-32-30-23/h4-7,9-12,14,34H,2-3,8,13,15-16H2,1H3,(H,29,32)(H,30,31). The van der Waals surface area contributed by atoms with Gasteiger partial charge in [0.2, 0.25) is 5.66 Å². The average molecular weight is 473 g/mol. The first-order chi connectivity index (χ1) is 16.3. The van der Waals surface area contributed by atoms with E-state index < -0.39 is 18.4 Å². The fourth-order valence-electron chi connectivity index (χ4n) is 4.12. The molecule has 2 aromatic carbocycles. The summed E-state index contributed by atoms with van der Waals surface area (Å²) >= 11 is 0. The lowest BCUT2D eigenvalue weighted by molar-refractivity contribution is -0.142. The lowest BCUT2D eigenvalue weighted by Crippen LogP contribution is -2.45. The highest BCUT2D eigenvalue weighted by Crippen LogP contribution is 2.34. The summed E-state index contributed by atoms with van der Waals surface area (Å²) in [4.78, 5) is 0. The van der Waals surface area contributed by atoms with Crippen molar-refractivity contribution in [2.45, 2.75) is 51.0 Å². The maximum Gasteiger partial charge on any atom is 0.408 e. The molecule has 0 amide bonds. The molecule has 180 valence electrons. The van der Waals surface area contributed by atoms with E-state index in [4.69, 9.17) is 0 Å². The highest BCUT2D eigenvalue weighted by atomic mass is 19.4. The van der Waals surface area contributed by atoms with Gasteiger partial charge in [0, 0.05) is 18.2 Å². The molecule has 1 atom stereocenters. The van der Waals surface area contributed by atoms with Crippen LogP contribution in [0.15, 0.2) is 65.1 Å². The van der Waals surface area contributed by atoms with Crippen LogP contribution >= 0.6 is 0 Å². The first-order valence-corrected chi connectivity index (χ1v) is 11.2. The van der Waals surface area contributed by atoms with Crippen LogP contribution in [0.3, 0.4) is 0 Å². The van der Waals surface area contributed by atoms with E-state index in [-0.39, 0.29) is 6.61 Å². The molecule has 4 rings (SSSR count). The van der Waals surface area contributed by atoms with Gasteiger partial charge in [-0.15, -0.1) is 5.11 Å². The number of halogens is 3. The van der Waals surface area contributed by atoms with Gasteiger partial charge in [-0.05, 0) is 35.1 Å². The molecule has 0 saturated carbocycles. The van der Waals surface area contributed by atoms with Crippen LogP contribution in [-0.4, -0.2) is 27.7 Å². The Hall–Kier alpha value is -3.24. The van der Waals surface area contributed by atoms with E-state index in [1.165, 1.54) is 6.20 Å². The van der Waals surface area contributed by atoms with Crippen molar-refractivity contribution in [3.05, 3.63) is 77.1 Å². The second kappa shape index (κ2) is 9.94. The SMILES string of the molecule is CCCCc1nn(CC(F)(F)F)cc1Cc1ccc(-c2ccccc2C2(CO)N=NNN2)cc1. The number of aromatic nitrogens is 2. The van der Waals surface area contributed by atoms with Gasteiger partial charge in [-0.1, -0.05) is 67.1 Å². The van der Waals surface area contributed by atoms with E-state index in [2.05, 4.69) is 26.4 Å². The zero-order valence-corrected chi connectivity index (χ0v) is 18.8. The molecule has 3 N–H and O–H groups in total. The summed E-state index contributed by atoms with van der Waals surface area (Å²) in [5.74, 6) is 0. The molecule has 10 heteroatoms. The number of nitrogens with zero attached hydrogens (tertiary/aromatic N) is 4. The predicted octanol–water partition coefficient (Wildman–Crippen LogP) is 4.67. The van der Waals surface area contributed by atoms with Gasteiger partial charge in [-0.25, -0.2) is 5.53 Å². The summed E-state index contributed by atoms with van der Waals surface area (Å²) < 4.78 is 39.6. The van der Waals surface area contributed by atoms with Crippen LogP contribution in [0.1, 0.15) is 42.1 Å². The maximum atomic E-state index is 12.9. The van der Waals surface area contributed by atoms with Gasteiger partial charge in [-0.3, -0.25) is 4.68 Å². The predicted molar refractivity (Wildman–Crippen MR) is 121 cm³/mol. The average Bonchev–Trinajstić information content (AvgIpc) is 3.45. The zero-order valence-electron chi connectivity index (χ0n) is 18.8. The minimum absolute atomic E-state index is 0.277. The second-order valence-electron chi connectivity index (χ2n) is 8.39. The summed E-state index contributed by atoms with van der Waals surface area (Å²) in [5, 5.41) is 22.1. The lowest BCUT2D eigenvalue weighted by atomic mass is 9.91. The Morgan fingerprint density at radius 2 is 1.85 bits per heavy atom. The van der Waals surface area contributed by atoms with E-state index in [9.17, 15) is 18.3 Å². The second-order valence-corrected chi connectivity index (χ2v) is 8.39. The first kappa shape index (κ1) is 23.9. The summed E-state index contributed by atoms with van der Waals surface area (Å²) in [7, 11) is 0. The largest absolute Gasteiger partial charge is 0.408 e. The minimum atomic E-state index is -4.31. The molecule has 2 heterocycles. The number of benzene rings is 2. The van der Waals surface area contributed by atoms with Crippen LogP contribution in [-0.2, 0) is 25.0 Å². The molecule has 7 nitrogen and oxygen atoms in total. The summed E-state index contributed by atoms with van der Waals surface area (Å²) in [6.45, 7) is 0.679. The molecule has 0 saturated heterocycles. The molecule has 3 aromatic rings. The van der Waals surface area contributed by atoms with Gasteiger partial charge in [-0.2, -0.15) is 23.7 Å². The molecule has 0 radical (unpaired) electrons. The Morgan fingerprint density at radius 3 is 2.50 bits per heavy atom. The summed E-state index contributed by atoms with van der Waals surface area (Å²) in [6, 6.07) is 15.5. The monoisotopic (exact) mass is 472 g/mol. The summed E-state index contributed by atoms with van der Waals surface area (Å²) in [5.41, 5.74) is 9.51. The van der Waals surface area contributed by atoms with Crippen molar-refractivity contribution in [2.24, 2.45) is 10.3 Å². The molecule has 1 aliphatic heterocycles.